The van der Waals surface area contributed by atoms with E-state index in [-0.39, 0.29) is 0 Å². The Morgan fingerprint density at radius 1 is 1.16 bits per heavy atom. The number of nitrogens with zero attached hydrogens (tertiary/aromatic N) is 3. The molecule has 19 heavy (non-hydrogen) atoms. The first kappa shape index (κ1) is 12.7. The van der Waals surface area contributed by atoms with E-state index in [4.69, 9.17) is 23.2 Å². The van der Waals surface area contributed by atoms with Crippen LogP contribution >= 0.6 is 39.1 Å². The molecule has 96 valence electrons. The number of benzene rings is 1. The zero-order valence-electron chi connectivity index (χ0n) is 9.44. The molecule has 2 heterocycles. The van der Waals surface area contributed by atoms with Crippen molar-refractivity contribution in [2.75, 3.05) is 0 Å². The minimum absolute atomic E-state index is 0.294. The molecule has 3 aromatic rings. The molecule has 7 heteroatoms. The van der Waals surface area contributed by atoms with E-state index in [0.717, 1.165) is 21.4 Å². The highest BCUT2D eigenvalue weighted by molar-refractivity contribution is 9.10. The topological polar surface area (TPSA) is 46.5 Å². The number of aromatic nitrogens is 4. The highest BCUT2D eigenvalue weighted by atomic mass is 79.9. The number of hydrogen-bond acceptors (Lipinski definition) is 2. The Morgan fingerprint density at radius 3 is 2.42 bits per heavy atom. The average molecular weight is 358 g/mol. The van der Waals surface area contributed by atoms with Gasteiger partial charge in [0.05, 0.1) is 16.4 Å². The number of aromatic amines is 1. The van der Waals surface area contributed by atoms with Gasteiger partial charge in [0.1, 0.15) is 6.33 Å². The van der Waals surface area contributed by atoms with Gasteiger partial charge in [-0.05, 0) is 28.1 Å². The smallest absolute Gasteiger partial charge is 0.166 e. The summed E-state index contributed by atoms with van der Waals surface area (Å²) in [5.41, 5.74) is 2.85. The van der Waals surface area contributed by atoms with Crippen molar-refractivity contribution in [3.8, 4) is 16.9 Å². The van der Waals surface area contributed by atoms with Crippen molar-refractivity contribution >= 4 is 39.1 Å². The molecule has 0 aliphatic carbocycles. The first-order valence-corrected chi connectivity index (χ1v) is 6.89. The lowest BCUT2D eigenvalue weighted by Crippen LogP contribution is -1.91. The predicted octanol–water partition coefficient (Wildman–Crippen LogP) is 4.33. The third-order valence-corrected chi connectivity index (χ3v) is 4.03. The summed E-state index contributed by atoms with van der Waals surface area (Å²) in [5.74, 6) is 0. The van der Waals surface area contributed by atoms with Gasteiger partial charge in [-0.2, -0.15) is 5.10 Å². The summed E-state index contributed by atoms with van der Waals surface area (Å²) in [6, 6.07) is 7.81. The largest absolute Gasteiger partial charge is 0.288 e. The van der Waals surface area contributed by atoms with Crippen LogP contribution in [0.25, 0.3) is 16.9 Å². The third-order valence-electron chi connectivity index (χ3n) is 2.70. The number of nitrogens with one attached hydrogen (secondary N) is 1. The maximum Gasteiger partial charge on any atom is 0.166 e. The number of imidazole rings is 1. The Bertz CT molecular complexity index is 718. The molecule has 0 atom stereocenters. The fourth-order valence-electron chi connectivity index (χ4n) is 1.75. The molecule has 2 aromatic heterocycles. The highest BCUT2D eigenvalue weighted by Gasteiger charge is 2.09. The van der Waals surface area contributed by atoms with Crippen molar-refractivity contribution in [3.05, 3.63) is 51.6 Å². The van der Waals surface area contributed by atoms with Crippen LogP contribution in [-0.4, -0.2) is 19.7 Å². The molecule has 0 fully saturated rings. The van der Waals surface area contributed by atoms with Crippen LogP contribution in [0.4, 0.5) is 0 Å². The minimum Gasteiger partial charge on any atom is -0.288 e. The van der Waals surface area contributed by atoms with Crippen LogP contribution in [0.3, 0.4) is 0 Å². The number of halogens is 3. The number of hydrogen-bond donors (Lipinski definition) is 1. The molecule has 1 N–H and O–H groups in total. The average Bonchev–Trinajstić information content (AvgIpc) is 2.98. The van der Waals surface area contributed by atoms with Crippen LogP contribution in [0, 0.1) is 0 Å². The summed E-state index contributed by atoms with van der Waals surface area (Å²) in [6.07, 6.45) is 3.31. The van der Waals surface area contributed by atoms with E-state index in [1.807, 2.05) is 24.3 Å². The molecule has 0 unspecified atom stereocenters. The molecular weight excluding hydrogens is 351 g/mol. The molecule has 4 nitrogen and oxygen atoms in total. The minimum atomic E-state index is 0.294. The Morgan fingerprint density at radius 2 is 1.89 bits per heavy atom. The van der Waals surface area contributed by atoms with E-state index in [2.05, 4.69) is 31.1 Å². The van der Waals surface area contributed by atoms with E-state index >= 15 is 0 Å². The molecule has 0 amide bonds. The van der Waals surface area contributed by atoms with E-state index in [9.17, 15) is 0 Å². The fraction of sp³-hybridized carbons (Fsp3) is 0. The Kier molecular flexibility index (Phi) is 3.35. The lowest BCUT2D eigenvalue weighted by Gasteiger charge is -2.05. The SMILES string of the molecule is Clc1ncn(-c2ccc(-c3[nH]ncc3Br)cc2)c1Cl. The summed E-state index contributed by atoms with van der Waals surface area (Å²) in [7, 11) is 0. The fourth-order valence-corrected chi connectivity index (χ4v) is 2.50. The molecule has 3 rings (SSSR count). The van der Waals surface area contributed by atoms with Crippen LogP contribution in [0.5, 0.6) is 0 Å². The van der Waals surface area contributed by atoms with Crippen LogP contribution < -0.4 is 0 Å². The van der Waals surface area contributed by atoms with Crippen LogP contribution in [-0.2, 0) is 0 Å². The second-order valence-corrected chi connectivity index (χ2v) is 5.41. The molecule has 0 aliphatic heterocycles. The third kappa shape index (κ3) is 2.29. The summed E-state index contributed by atoms with van der Waals surface area (Å²) >= 11 is 15.3. The van der Waals surface area contributed by atoms with Gasteiger partial charge in [-0.3, -0.25) is 9.67 Å². The highest BCUT2D eigenvalue weighted by Crippen LogP contribution is 2.28. The maximum absolute atomic E-state index is 6.05. The molecule has 0 radical (unpaired) electrons. The zero-order chi connectivity index (χ0) is 13.4. The lowest BCUT2D eigenvalue weighted by atomic mass is 10.1. The van der Waals surface area contributed by atoms with E-state index in [0.29, 0.717) is 10.3 Å². The molecule has 0 saturated carbocycles. The first-order chi connectivity index (χ1) is 9.16. The van der Waals surface area contributed by atoms with Crippen molar-refractivity contribution in [1.82, 2.24) is 19.7 Å². The molecular formula is C12H7BrCl2N4. The van der Waals surface area contributed by atoms with E-state index in [1.54, 1.807) is 17.1 Å². The van der Waals surface area contributed by atoms with Gasteiger partial charge >= 0.3 is 0 Å². The Labute approximate surface area is 127 Å². The molecule has 0 aliphatic rings. The van der Waals surface area contributed by atoms with Crippen LogP contribution in [0.1, 0.15) is 0 Å². The molecule has 0 bridgehead atoms. The van der Waals surface area contributed by atoms with Crippen molar-refractivity contribution in [2.24, 2.45) is 0 Å². The maximum atomic E-state index is 6.05. The van der Waals surface area contributed by atoms with Gasteiger partial charge < -0.3 is 0 Å². The van der Waals surface area contributed by atoms with Gasteiger partial charge in [0.2, 0.25) is 0 Å². The molecule has 0 saturated heterocycles. The standard InChI is InChI=1S/C12H7BrCl2N4/c13-9-5-17-18-10(9)7-1-3-8(4-2-7)19-6-16-11(14)12(19)15/h1-6H,(H,17,18). The Hall–Kier alpha value is -1.30. The van der Waals surface area contributed by atoms with Crippen molar-refractivity contribution < 1.29 is 0 Å². The van der Waals surface area contributed by atoms with Crippen molar-refractivity contribution in [1.29, 1.82) is 0 Å². The second-order valence-electron chi connectivity index (χ2n) is 3.84. The molecule has 1 aromatic carbocycles. The zero-order valence-corrected chi connectivity index (χ0v) is 12.5. The predicted molar refractivity (Wildman–Crippen MR) is 78.9 cm³/mol. The van der Waals surface area contributed by atoms with Crippen molar-refractivity contribution in [3.63, 3.8) is 0 Å². The van der Waals surface area contributed by atoms with Crippen LogP contribution in [0.15, 0.2) is 41.3 Å². The van der Waals surface area contributed by atoms with Crippen molar-refractivity contribution in [2.45, 2.75) is 0 Å². The summed E-state index contributed by atoms with van der Waals surface area (Å²) in [4.78, 5) is 3.95. The molecule has 0 spiro atoms. The quantitative estimate of drug-likeness (QED) is 0.741. The van der Waals surface area contributed by atoms with Gasteiger partial charge in [0, 0.05) is 11.3 Å². The Balaban J connectivity index is 2.00. The summed E-state index contributed by atoms with van der Waals surface area (Å²) in [6.45, 7) is 0. The van der Waals surface area contributed by atoms with Crippen LogP contribution in [0.2, 0.25) is 10.3 Å². The van der Waals surface area contributed by atoms with E-state index in [1.165, 1.54) is 0 Å². The van der Waals surface area contributed by atoms with Gasteiger partial charge in [0.25, 0.3) is 0 Å². The van der Waals surface area contributed by atoms with Gasteiger partial charge in [-0.25, -0.2) is 4.98 Å². The van der Waals surface area contributed by atoms with E-state index < -0.39 is 0 Å². The second kappa shape index (κ2) is 5.00. The number of rotatable bonds is 2. The monoisotopic (exact) mass is 356 g/mol. The number of H-pyrrole nitrogens is 1. The van der Waals surface area contributed by atoms with Gasteiger partial charge in [0.15, 0.2) is 10.3 Å². The lowest BCUT2D eigenvalue weighted by molar-refractivity contribution is 1.06. The first-order valence-electron chi connectivity index (χ1n) is 5.35. The summed E-state index contributed by atoms with van der Waals surface area (Å²) < 4.78 is 2.64. The summed E-state index contributed by atoms with van der Waals surface area (Å²) in [5, 5.41) is 7.60. The van der Waals surface area contributed by atoms with Gasteiger partial charge in [-0.1, -0.05) is 35.3 Å². The van der Waals surface area contributed by atoms with Gasteiger partial charge in [-0.15, -0.1) is 0 Å². The normalized spacial score (nSPS) is 10.9.